The van der Waals surface area contributed by atoms with E-state index in [9.17, 15) is 0 Å². The summed E-state index contributed by atoms with van der Waals surface area (Å²) in [5.74, 6) is 0. The van der Waals surface area contributed by atoms with Crippen LogP contribution in [0.5, 0.6) is 0 Å². The summed E-state index contributed by atoms with van der Waals surface area (Å²) < 4.78 is 6.58. The molecular weight excluding hydrogens is 237 g/mol. The zero-order chi connectivity index (χ0) is 8.69. The van der Waals surface area contributed by atoms with Gasteiger partial charge in [0.2, 0.25) is 0 Å². The minimum atomic E-state index is -0.861. The Morgan fingerprint density at radius 1 is 1.18 bits per heavy atom. The van der Waals surface area contributed by atoms with E-state index in [-0.39, 0.29) is 0 Å². The standard InChI is InChI=1S/C7H16N.2CH3.In/c1-4-6-8(3)7-5-2;;;/h1,4-7H2,2-3H3;2*1H3;. The van der Waals surface area contributed by atoms with Crippen LogP contribution in [0.3, 0.4) is 0 Å². The predicted molar refractivity (Wildman–Crippen MR) is 54.7 cm³/mol. The van der Waals surface area contributed by atoms with E-state index in [0.717, 1.165) is 0 Å². The summed E-state index contributed by atoms with van der Waals surface area (Å²) in [5.41, 5.74) is 0. The van der Waals surface area contributed by atoms with Gasteiger partial charge in [-0.25, -0.2) is 0 Å². The van der Waals surface area contributed by atoms with Gasteiger partial charge in [-0.05, 0) is 0 Å². The first-order chi connectivity index (χ1) is 5.16. The molecule has 66 valence electrons. The first kappa shape index (κ1) is 11.8. The zero-order valence-corrected chi connectivity index (χ0v) is 11.9. The molecule has 0 aromatic rings. The van der Waals surface area contributed by atoms with Gasteiger partial charge in [0.25, 0.3) is 0 Å². The molecule has 0 spiro atoms. The molecule has 0 saturated carbocycles. The zero-order valence-electron chi connectivity index (χ0n) is 8.56. The van der Waals surface area contributed by atoms with Gasteiger partial charge in [-0.15, -0.1) is 0 Å². The summed E-state index contributed by atoms with van der Waals surface area (Å²) in [6.07, 6.45) is 2.74. The Kier molecular flexibility index (Phi) is 8.04. The van der Waals surface area contributed by atoms with Gasteiger partial charge in [-0.1, -0.05) is 0 Å². The predicted octanol–water partition coefficient (Wildman–Crippen LogP) is 2.47. The van der Waals surface area contributed by atoms with Gasteiger partial charge in [0, 0.05) is 0 Å². The maximum absolute atomic E-state index is 2.50. The molecule has 2 heteroatoms. The Morgan fingerprint density at radius 3 is 2.27 bits per heavy atom. The molecule has 0 saturated heterocycles. The van der Waals surface area contributed by atoms with Gasteiger partial charge >= 0.3 is 79.8 Å². The van der Waals surface area contributed by atoms with Crippen molar-refractivity contribution in [3.05, 3.63) is 0 Å². The second-order valence-electron chi connectivity index (χ2n) is 3.84. The van der Waals surface area contributed by atoms with Crippen LogP contribution in [0.2, 0.25) is 13.5 Å². The van der Waals surface area contributed by atoms with Crippen molar-refractivity contribution in [1.82, 2.24) is 4.90 Å². The third-order valence-corrected chi connectivity index (χ3v) is 6.39. The molecule has 0 unspecified atom stereocenters. The molecule has 0 atom stereocenters. The third-order valence-electron chi connectivity index (χ3n) is 1.93. The first-order valence-corrected chi connectivity index (χ1v) is 13.8. The van der Waals surface area contributed by atoms with Crippen molar-refractivity contribution in [3.8, 4) is 0 Å². The van der Waals surface area contributed by atoms with Crippen LogP contribution in [0.4, 0.5) is 0 Å². The van der Waals surface area contributed by atoms with E-state index < -0.39 is 21.4 Å². The molecule has 0 heterocycles. The number of hydrogen-bond acceptors (Lipinski definition) is 1. The second kappa shape index (κ2) is 7.48. The van der Waals surface area contributed by atoms with Gasteiger partial charge in [0.15, 0.2) is 0 Å². The van der Waals surface area contributed by atoms with Gasteiger partial charge < -0.3 is 0 Å². The molecule has 0 bridgehead atoms. The fraction of sp³-hybridized carbons (Fsp3) is 1.00. The molecule has 0 N–H and O–H groups in total. The van der Waals surface area contributed by atoms with Crippen molar-refractivity contribution in [2.45, 2.75) is 33.3 Å². The molecule has 0 fully saturated rings. The van der Waals surface area contributed by atoms with Gasteiger partial charge in [0.05, 0.1) is 0 Å². The number of hydrogen-bond donors (Lipinski definition) is 0. The molecule has 0 aliphatic carbocycles. The quantitative estimate of drug-likeness (QED) is 0.708. The summed E-state index contributed by atoms with van der Waals surface area (Å²) in [6.45, 7) is 4.84. The van der Waals surface area contributed by atoms with Crippen LogP contribution in [0.1, 0.15) is 19.8 Å². The normalized spacial score (nSPS) is 10.6. The molecule has 11 heavy (non-hydrogen) atoms. The fourth-order valence-electron chi connectivity index (χ4n) is 1.26. The monoisotopic (exact) mass is 259 g/mol. The summed E-state index contributed by atoms with van der Waals surface area (Å²) >= 11 is -0.861. The molecular formula is C9H22InN. The molecule has 0 radical (unpaired) electrons. The van der Waals surface area contributed by atoms with E-state index in [0.29, 0.717) is 0 Å². The van der Waals surface area contributed by atoms with E-state index in [1.54, 1.807) is 4.18 Å². The molecule has 0 aromatic carbocycles. The summed E-state index contributed by atoms with van der Waals surface area (Å²) in [5, 5.41) is 0. The Morgan fingerprint density at radius 2 is 1.82 bits per heavy atom. The number of nitrogens with zero attached hydrogens (tertiary/aromatic N) is 1. The van der Waals surface area contributed by atoms with Crippen LogP contribution in [0.15, 0.2) is 0 Å². The molecule has 0 aliphatic heterocycles. The fourth-order valence-corrected chi connectivity index (χ4v) is 4.11. The summed E-state index contributed by atoms with van der Waals surface area (Å²) in [6, 6.07) is 0. The van der Waals surface area contributed by atoms with E-state index in [1.807, 2.05) is 0 Å². The Hall–Kier alpha value is 0.830. The van der Waals surface area contributed by atoms with Crippen LogP contribution in [-0.2, 0) is 0 Å². The van der Waals surface area contributed by atoms with E-state index in [4.69, 9.17) is 0 Å². The topological polar surface area (TPSA) is 3.24 Å². The van der Waals surface area contributed by atoms with Gasteiger partial charge in [0.1, 0.15) is 0 Å². The molecule has 0 aliphatic rings. The minimum absolute atomic E-state index is 0.861. The van der Waals surface area contributed by atoms with Crippen LogP contribution in [0, 0.1) is 0 Å². The first-order valence-electron chi connectivity index (χ1n) is 4.85. The van der Waals surface area contributed by atoms with Crippen molar-refractivity contribution in [3.63, 3.8) is 0 Å². The third kappa shape index (κ3) is 8.74. The molecule has 0 aromatic heterocycles. The SMILES string of the molecule is CCCN(C)CC[CH2][In]([CH3])[CH3]. The van der Waals surface area contributed by atoms with E-state index in [1.165, 1.54) is 25.9 Å². The van der Waals surface area contributed by atoms with Crippen molar-refractivity contribution in [2.24, 2.45) is 0 Å². The average Bonchev–Trinajstić information content (AvgIpc) is 1.87. The van der Waals surface area contributed by atoms with Crippen molar-refractivity contribution in [2.75, 3.05) is 20.1 Å². The average molecular weight is 259 g/mol. The van der Waals surface area contributed by atoms with Crippen LogP contribution in [0.25, 0.3) is 0 Å². The Bertz CT molecular complexity index is 83.6. The molecule has 1 nitrogen and oxygen atoms in total. The van der Waals surface area contributed by atoms with E-state index in [2.05, 4.69) is 28.2 Å². The van der Waals surface area contributed by atoms with Crippen LogP contribution < -0.4 is 0 Å². The van der Waals surface area contributed by atoms with Crippen molar-refractivity contribution >= 4 is 21.4 Å². The number of rotatable bonds is 6. The Labute approximate surface area is 79.7 Å². The Balaban J connectivity index is 3.10. The van der Waals surface area contributed by atoms with Crippen molar-refractivity contribution < 1.29 is 0 Å². The summed E-state index contributed by atoms with van der Waals surface area (Å²) in [4.78, 5) is 2.45. The van der Waals surface area contributed by atoms with Crippen LogP contribution >= 0.6 is 0 Å². The maximum atomic E-state index is 2.50. The summed E-state index contributed by atoms with van der Waals surface area (Å²) in [7, 11) is 2.24. The van der Waals surface area contributed by atoms with E-state index >= 15 is 0 Å². The molecule has 0 rings (SSSR count). The van der Waals surface area contributed by atoms with Gasteiger partial charge in [-0.3, -0.25) is 0 Å². The molecule has 0 amide bonds. The van der Waals surface area contributed by atoms with Crippen LogP contribution in [-0.4, -0.2) is 46.5 Å². The van der Waals surface area contributed by atoms with Crippen molar-refractivity contribution in [1.29, 1.82) is 0 Å². The van der Waals surface area contributed by atoms with Gasteiger partial charge in [-0.2, -0.15) is 0 Å². The second-order valence-corrected chi connectivity index (χ2v) is 13.4.